The lowest BCUT2D eigenvalue weighted by Gasteiger charge is -2.10. The van der Waals surface area contributed by atoms with Gasteiger partial charge in [0.25, 0.3) is 0 Å². The van der Waals surface area contributed by atoms with E-state index in [0.717, 1.165) is 11.8 Å². The fraction of sp³-hybridized carbons (Fsp3) is 0.240. The number of aliphatic hydroxyl groups is 1. The fourth-order valence-corrected chi connectivity index (χ4v) is 4.04. The summed E-state index contributed by atoms with van der Waals surface area (Å²) in [6, 6.07) is 13.4. The number of ether oxygens (including phenoxy) is 2. The number of benzene rings is 2. The Kier molecular flexibility index (Phi) is 8.43. The zero-order valence-corrected chi connectivity index (χ0v) is 19.2. The summed E-state index contributed by atoms with van der Waals surface area (Å²) < 4.78 is 24.8. The number of carbonyl (C=O) groups excluding carboxylic acids is 2. The van der Waals surface area contributed by atoms with Crippen molar-refractivity contribution in [2.24, 2.45) is 4.99 Å². The third-order valence-corrected chi connectivity index (χ3v) is 5.63. The van der Waals surface area contributed by atoms with Crippen LogP contribution in [0.1, 0.15) is 37.8 Å². The maximum atomic E-state index is 13.9. The first-order valence-electron chi connectivity index (χ1n) is 10.5. The van der Waals surface area contributed by atoms with E-state index in [4.69, 9.17) is 9.47 Å². The lowest BCUT2D eigenvalue weighted by Crippen LogP contribution is -2.14. The zero-order chi connectivity index (χ0) is 23.8. The molecule has 0 spiro atoms. The monoisotopic (exact) mass is 469 g/mol. The van der Waals surface area contributed by atoms with Gasteiger partial charge >= 0.3 is 5.97 Å². The summed E-state index contributed by atoms with van der Waals surface area (Å²) >= 11 is 1.01. The number of hydrogen-bond acceptors (Lipinski definition) is 6. The molecule has 8 heteroatoms. The zero-order valence-electron chi connectivity index (χ0n) is 18.3. The van der Waals surface area contributed by atoms with Gasteiger partial charge in [-0.25, -0.2) is 14.2 Å². The van der Waals surface area contributed by atoms with E-state index in [0.29, 0.717) is 28.2 Å². The summed E-state index contributed by atoms with van der Waals surface area (Å²) in [4.78, 5) is 28.8. The molecule has 3 rings (SSSR count). The third-order valence-electron chi connectivity index (χ3n) is 4.61. The van der Waals surface area contributed by atoms with Crippen LogP contribution >= 0.6 is 11.8 Å². The number of para-hydroxylation sites is 1. The first-order chi connectivity index (χ1) is 15.9. The van der Waals surface area contributed by atoms with Crippen LogP contribution in [-0.4, -0.2) is 28.6 Å². The van der Waals surface area contributed by atoms with Crippen LogP contribution in [0.5, 0.6) is 5.75 Å². The smallest absolute Gasteiger partial charge is 0.344 e. The highest BCUT2D eigenvalue weighted by Gasteiger charge is 2.33. The predicted octanol–water partition coefficient (Wildman–Crippen LogP) is 5.59. The number of thioether (sulfide) groups is 1. The van der Waals surface area contributed by atoms with Crippen LogP contribution in [-0.2, 0) is 20.9 Å². The SMILES string of the molecule is CCCC(=O)N=C1S/C(=C\c2ccccc2OCc2ccccc2F)C(O)=C1C(=O)OCC. The van der Waals surface area contributed by atoms with Gasteiger partial charge in [0, 0.05) is 17.5 Å². The molecule has 1 N–H and O–H groups in total. The molecule has 2 aromatic rings. The highest BCUT2D eigenvalue weighted by molar-refractivity contribution is 8.18. The van der Waals surface area contributed by atoms with Crippen molar-refractivity contribution in [3.8, 4) is 5.75 Å². The molecule has 172 valence electrons. The van der Waals surface area contributed by atoms with Crippen LogP contribution in [0.4, 0.5) is 4.39 Å². The first kappa shape index (κ1) is 24.3. The van der Waals surface area contributed by atoms with Crippen LogP contribution in [0.15, 0.2) is 69.8 Å². The van der Waals surface area contributed by atoms with Crippen molar-refractivity contribution in [1.29, 1.82) is 0 Å². The number of aliphatic hydroxyl groups excluding tert-OH is 1. The Labute approximate surface area is 195 Å². The highest BCUT2D eigenvalue weighted by atomic mass is 32.2. The fourth-order valence-electron chi connectivity index (χ4n) is 3.02. The molecule has 0 aromatic heterocycles. The lowest BCUT2D eigenvalue weighted by molar-refractivity contribution is -0.138. The number of esters is 1. The summed E-state index contributed by atoms with van der Waals surface area (Å²) in [5.41, 5.74) is 0.876. The molecule has 0 saturated carbocycles. The van der Waals surface area contributed by atoms with E-state index in [9.17, 15) is 19.1 Å². The van der Waals surface area contributed by atoms with Crippen LogP contribution in [0, 0.1) is 5.82 Å². The van der Waals surface area contributed by atoms with E-state index in [1.165, 1.54) is 6.07 Å². The number of carbonyl (C=O) groups is 2. The van der Waals surface area contributed by atoms with E-state index in [1.807, 2.05) is 6.92 Å². The maximum absolute atomic E-state index is 13.9. The standard InChI is InChI=1S/C25H24FNO5S/c1-3-9-21(28)27-24-22(25(30)31-4-2)23(29)20(33-24)14-16-10-6-8-13-19(16)32-15-17-11-5-7-12-18(17)26/h5-8,10-14,29H,3-4,9,15H2,1-2H3/b20-14-,27-24?. The number of hydrogen-bond donors (Lipinski definition) is 1. The van der Waals surface area contributed by atoms with Crippen molar-refractivity contribution < 1.29 is 28.6 Å². The van der Waals surface area contributed by atoms with E-state index in [-0.39, 0.29) is 47.7 Å². The van der Waals surface area contributed by atoms with Gasteiger partial charge in [-0.3, -0.25) is 4.79 Å². The molecule has 0 fully saturated rings. The average Bonchev–Trinajstić information content (AvgIpc) is 3.09. The quantitative estimate of drug-likeness (QED) is 0.507. The van der Waals surface area contributed by atoms with E-state index < -0.39 is 5.97 Å². The maximum Gasteiger partial charge on any atom is 0.344 e. The van der Waals surface area contributed by atoms with Crippen molar-refractivity contribution >= 4 is 34.8 Å². The number of halogens is 1. The highest BCUT2D eigenvalue weighted by Crippen LogP contribution is 2.40. The van der Waals surface area contributed by atoms with Crippen LogP contribution in [0.3, 0.4) is 0 Å². The van der Waals surface area contributed by atoms with Gasteiger partial charge in [0.15, 0.2) is 0 Å². The molecular weight excluding hydrogens is 445 g/mol. The number of aliphatic imine (C=N–C) groups is 1. The molecule has 0 saturated heterocycles. The molecule has 0 aliphatic carbocycles. The summed E-state index contributed by atoms with van der Waals surface area (Å²) in [6.07, 6.45) is 2.47. The molecule has 1 heterocycles. The molecule has 6 nitrogen and oxygen atoms in total. The number of amides is 1. The molecule has 2 aromatic carbocycles. The summed E-state index contributed by atoms with van der Waals surface area (Å²) in [7, 11) is 0. The van der Waals surface area contributed by atoms with Gasteiger partial charge in [-0.05, 0) is 31.6 Å². The largest absolute Gasteiger partial charge is 0.506 e. The van der Waals surface area contributed by atoms with Crippen molar-refractivity contribution in [2.75, 3.05) is 6.61 Å². The Bertz CT molecular complexity index is 1140. The van der Waals surface area contributed by atoms with Gasteiger partial charge in [-0.2, -0.15) is 0 Å². The minimum Gasteiger partial charge on any atom is -0.506 e. The van der Waals surface area contributed by atoms with Gasteiger partial charge in [0.1, 0.15) is 34.5 Å². The molecule has 1 aliphatic rings. The summed E-state index contributed by atoms with van der Waals surface area (Å²) in [6.45, 7) is 3.63. The second kappa shape index (κ2) is 11.5. The average molecular weight is 470 g/mol. The first-order valence-corrected chi connectivity index (χ1v) is 11.3. The van der Waals surface area contributed by atoms with Gasteiger partial charge in [0.05, 0.1) is 11.5 Å². The Morgan fingerprint density at radius 1 is 1.12 bits per heavy atom. The molecule has 0 unspecified atom stereocenters. The van der Waals surface area contributed by atoms with Crippen molar-refractivity contribution in [3.63, 3.8) is 0 Å². The van der Waals surface area contributed by atoms with Crippen molar-refractivity contribution in [2.45, 2.75) is 33.3 Å². The molecule has 0 atom stereocenters. The van der Waals surface area contributed by atoms with Gasteiger partial charge < -0.3 is 14.6 Å². The van der Waals surface area contributed by atoms with Crippen LogP contribution in [0.2, 0.25) is 0 Å². The second-order valence-corrected chi connectivity index (χ2v) is 8.06. The number of nitrogens with zero attached hydrogens (tertiary/aromatic N) is 1. The molecule has 1 amide bonds. The topological polar surface area (TPSA) is 85.2 Å². The molecule has 0 bridgehead atoms. The van der Waals surface area contributed by atoms with Crippen LogP contribution < -0.4 is 4.74 Å². The lowest BCUT2D eigenvalue weighted by atomic mass is 10.1. The minimum atomic E-state index is -0.752. The third kappa shape index (κ3) is 6.10. The Morgan fingerprint density at radius 3 is 2.58 bits per heavy atom. The normalized spacial score (nSPS) is 15.8. The Hall–Kier alpha value is -3.39. The van der Waals surface area contributed by atoms with Crippen LogP contribution in [0.25, 0.3) is 6.08 Å². The molecule has 1 aliphatic heterocycles. The number of rotatable bonds is 8. The van der Waals surface area contributed by atoms with Gasteiger partial charge in [0.2, 0.25) is 5.91 Å². The van der Waals surface area contributed by atoms with E-state index in [2.05, 4.69) is 4.99 Å². The predicted molar refractivity (Wildman–Crippen MR) is 126 cm³/mol. The Morgan fingerprint density at radius 2 is 1.85 bits per heavy atom. The molecule has 0 radical (unpaired) electrons. The Balaban J connectivity index is 1.93. The van der Waals surface area contributed by atoms with Gasteiger partial charge in [-0.15, -0.1) is 0 Å². The van der Waals surface area contributed by atoms with Gasteiger partial charge in [-0.1, -0.05) is 55.1 Å². The van der Waals surface area contributed by atoms with E-state index in [1.54, 1.807) is 55.5 Å². The molecule has 33 heavy (non-hydrogen) atoms. The summed E-state index contributed by atoms with van der Waals surface area (Å²) in [5, 5.41) is 10.9. The molecular formula is C25H24FNO5S. The second-order valence-electron chi connectivity index (χ2n) is 7.03. The summed E-state index contributed by atoms with van der Waals surface area (Å²) in [5.74, 6) is -1.35. The van der Waals surface area contributed by atoms with E-state index >= 15 is 0 Å². The van der Waals surface area contributed by atoms with Crippen molar-refractivity contribution in [3.05, 3.63) is 81.7 Å². The minimum absolute atomic E-state index is 0.0220. The van der Waals surface area contributed by atoms with Crippen molar-refractivity contribution in [1.82, 2.24) is 0 Å².